The number of rotatable bonds is 0. The van der Waals surface area contributed by atoms with Crippen LogP contribution in [0.2, 0.25) is 0 Å². The summed E-state index contributed by atoms with van der Waals surface area (Å²) in [7, 11) is 0. The molecule has 4 aliphatic rings. The minimum absolute atomic E-state index is 0.0859. The van der Waals surface area contributed by atoms with Gasteiger partial charge in [0, 0.05) is 0 Å². The van der Waals surface area contributed by atoms with Gasteiger partial charge in [-0.2, -0.15) is 0 Å². The van der Waals surface area contributed by atoms with Crippen molar-refractivity contribution in [3.63, 3.8) is 0 Å². The van der Waals surface area contributed by atoms with Gasteiger partial charge < -0.3 is 10.2 Å². The second-order valence-corrected chi connectivity index (χ2v) is 10.3. The van der Waals surface area contributed by atoms with E-state index >= 15 is 0 Å². The number of hydrogen-bond acceptors (Lipinski definition) is 2. The van der Waals surface area contributed by atoms with Gasteiger partial charge >= 0.3 is 0 Å². The second kappa shape index (κ2) is 4.64. The Morgan fingerprint density at radius 1 is 0.870 bits per heavy atom. The Balaban J connectivity index is 1.72. The van der Waals surface area contributed by atoms with E-state index in [2.05, 4.69) is 32.9 Å². The average Bonchev–Trinajstić information content (AvgIpc) is 2.76. The molecule has 2 nitrogen and oxygen atoms in total. The van der Waals surface area contributed by atoms with Crippen molar-refractivity contribution >= 4 is 0 Å². The molecule has 0 radical (unpaired) electrons. The molecule has 130 valence electrons. The molecule has 8 atom stereocenters. The molecule has 0 spiro atoms. The molecule has 4 aliphatic carbocycles. The van der Waals surface area contributed by atoms with E-state index in [1.807, 2.05) is 6.92 Å². The van der Waals surface area contributed by atoms with Gasteiger partial charge in [0.25, 0.3) is 0 Å². The van der Waals surface area contributed by atoms with Gasteiger partial charge in [0.2, 0.25) is 0 Å². The van der Waals surface area contributed by atoms with Crippen LogP contribution in [0.3, 0.4) is 0 Å². The van der Waals surface area contributed by atoms with E-state index in [4.69, 9.17) is 0 Å². The summed E-state index contributed by atoms with van der Waals surface area (Å²) in [6, 6.07) is 0. The highest BCUT2D eigenvalue weighted by Gasteiger charge is 2.63. The summed E-state index contributed by atoms with van der Waals surface area (Å²) >= 11 is 0. The number of aliphatic hydroxyl groups is 2. The summed E-state index contributed by atoms with van der Waals surface area (Å²) in [5.41, 5.74) is -0.0760. The van der Waals surface area contributed by atoms with Crippen LogP contribution in [0, 0.1) is 34.0 Å². The van der Waals surface area contributed by atoms with E-state index in [-0.39, 0.29) is 22.3 Å². The number of fused-ring (bicyclic) bond motifs is 5. The number of aliphatic hydroxyl groups excluding tert-OH is 1. The van der Waals surface area contributed by atoms with E-state index in [9.17, 15) is 10.2 Å². The van der Waals surface area contributed by atoms with Gasteiger partial charge in [0.05, 0.1) is 11.7 Å². The Hall–Kier alpha value is -0.340. The van der Waals surface area contributed by atoms with Gasteiger partial charge in [-0.05, 0) is 85.9 Å². The van der Waals surface area contributed by atoms with Crippen LogP contribution in [0.4, 0.5) is 0 Å². The molecular weight excluding hydrogens is 284 g/mol. The third-order valence-corrected chi connectivity index (χ3v) is 9.02. The zero-order valence-electron chi connectivity index (χ0n) is 15.3. The van der Waals surface area contributed by atoms with Crippen molar-refractivity contribution < 1.29 is 10.2 Å². The minimum atomic E-state index is -0.645. The predicted molar refractivity (Wildman–Crippen MR) is 92.9 cm³/mol. The fraction of sp³-hybridized carbons (Fsp3) is 0.905. The lowest BCUT2D eigenvalue weighted by Gasteiger charge is -2.64. The van der Waals surface area contributed by atoms with E-state index < -0.39 is 5.60 Å². The summed E-state index contributed by atoms with van der Waals surface area (Å²) in [5.74, 6) is 2.18. The highest BCUT2D eigenvalue weighted by molar-refractivity contribution is 5.23. The zero-order valence-corrected chi connectivity index (χ0v) is 15.3. The molecular formula is C21H34O2. The van der Waals surface area contributed by atoms with Gasteiger partial charge in [-0.3, -0.25) is 0 Å². The highest BCUT2D eigenvalue weighted by atomic mass is 16.3. The largest absolute Gasteiger partial charge is 0.393 e. The normalized spacial score (nSPS) is 61.7. The van der Waals surface area contributed by atoms with Crippen molar-refractivity contribution in [1.29, 1.82) is 0 Å². The quantitative estimate of drug-likeness (QED) is 0.654. The minimum Gasteiger partial charge on any atom is -0.393 e. The van der Waals surface area contributed by atoms with Crippen LogP contribution in [-0.4, -0.2) is 21.9 Å². The molecule has 0 heterocycles. The van der Waals surface area contributed by atoms with Gasteiger partial charge in [0.15, 0.2) is 0 Å². The van der Waals surface area contributed by atoms with Crippen molar-refractivity contribution in [3.8, 4) is 0 Å². The summed E-state index contributed by atoms with van der Waals surface area (Å²) in [6.45, 7) is 9.19. The standard InChI is InChI=1S/C21H34O2/c1-18-9-7-14-15-5-6-17(22)20(15,3)10-8-16(14)21(18,4)12-11-19(2,23)13-18/h11-12,14-17,22-23H,5-10,13H2,1-4H3/t14?,15?,16?,17-,18+,19?,20+,21-/m1/s1. The van der Waals surface area contributed by atoms with E-state index in [0.717, 1.165) is 24.7 Å². The van der Waals surface area contributed by atoms with Crippen molar-refractivity contribution in [1.82, 2.24) is 0 Å². The van der Waals surface area contributed by atoms with Crippen LogP contribution >= 0.6 is 0 Å². The van der Waals surface area contributed by atoms with Crippen LogP contribution < -0.4 is 0 Å². The summed E-state index contributed by atoms with van der Waals surface area (Å²) < 4.78 is 0. The van der Waals surface area contributed by atoms with Crippen molar-refractivity contribution in [2.75, 3.05) is 0 Å². The number of hydrogen-bond donors (Lipinski definition) is 2. The topological polar surface area (TPSA) is 40.5 Å². The van der Waals surface area contributed by atoms with Gasteiger partial charge in [0.1, 0.15) is 0 Å². The lowest BCUT2D eigenvalue weighted by atomic mass is 9.41. The third kappa shape index (κ3) is 2.00. The fourth-order valence-corrected chi connectivity index (χ4v) is 7.41. The first-order chi connectivity index (χ1) is 10.6. The molecule has 23 heavy (non-hydrogen) atoms. The van der Waals surface area contributed by atoms with Gasteiger partial charge in [-0.15, -0.1) is 0 Å². The van der Waals surface area contributed by atoms with Crippen LogP contribution in [0.25, 0.3) is 0 Å². The van der Waals surface area contributed by atoms with E-state index in [1.165, 1.54) is 32.1 Å². The molecule has 0 saturated heterocycles. The third-order valence-electron chi connectivity index (χ3n) is 9.02. The lowest BCUT2D eigenvalue weighted by molar-refractivity contribution is -0.142. The molecule has 4 unspecified atom stereocenters. The van der Waals surface area contributed by atoms with Gasteiger partial charge in [-0.25, -0.2) is 0 Å². The molecule has 0 amide bonds. The van der Waals surface area contributed by atoms with Gasteiger partial charge in [-0.1, -0.05) is 32.9 Å². The molecule has 3 fully saturated rings. The van der Waals surface area contributed by atoms with Crippen LogP contribution in [-0.2, 0) is 0 Å². The average molecular weight is 319 g/mol. The molecule has 0 aromatic heterocycles. The molecule has 4 rings (SSSR count). The molecule has 0 aromatic rings. The van der Waals surface area contributed by atoms with Crippen molar-refractivity contribution in [2.24, 2.45) is 34.0 Å². The first-order valence-electron chi connectivity index (χ1n) is 9.72. The smallest absolute Gasteiger partial charge is 0.0805 e. The lowest BCUT2D eigenvalue weighted by Crippen LogP contribution is -2.58. The molecule has 2 N–H and O–H groups in total. The zero-order chi connectivity index (χ0) is 16.7. The predicted octanol–water partition coefficient (Wildman–Crippen LogP) is 4.31. The first kappa shape index (κ1) is 16.1. The molecule has 3 saturated carbocycles. The Morgan fingerprint density at radius 2 is 1.61 bits per heavy atom. The van der Waals surface area contributed by atoms with Crippen molar-refractivity contribution in [2.45, 2.75) is 84.3 Å². The fourth-order valence-electron chi connectivity index (χ4n) is 7.41. The second-order valence-electron chi connectivity index (χ2n) is 10.3. The Bertz CT molecular complexity index is 538. The van der Waals surface area contributed by atoms with Crippen LogP contribution in [0.5, 0.6) is 0 Å². The molecule has 0 bridgehead atoms. The molecule has 2 heteroatoms. The maximum atomic E-state index is 10.6. The molecule has 0 aromatic carbocycles. The Morgan fingerprint density at radius 3 is 2.35 bits per heavy atom. The van der Waals surface area contributed by atoms with Crippen LogP contribution in [0.1, 0.15) is 72.6 Å². The summed E-state index contributed by atoms with van der Waals surface area (Å²) in [6.07, 6.45) is 12.4. The molecule has 0 aliphatic heterocycles. The maximum absolute atomic E-state index is 10.6. The Kier molecular flexibility index (Phi) is 3.25. The Labute approximate surface area is 141 Å². The summed E-state index contributed by atoms with van der Waals surface area (Å²) in [5, 5.41) is 21.1. The maximum Gasteiger partial charge on any atom is 0.0805 e. The van der Waals surface area contributed by atoms with Crippen molar-refractivity contribution in [3.05, 3.63) is 12.2 Å². The van der Waals surface area contributed by atoms with E-state index in [0.29, 0.717) is 5.92 Å². The first-order valence-corrected chi connectivity index (χ1v) is 9.72. The highest BCUT2D eigenvalue weighted by Crippen LogP contribution is 2.69. The van der Waals surface area contributed by atoms with Crippen LogP contribution in [0.15, 0.2) is 12.2 Å². The van der Waals surface area contributed by atoms with E-state index in [1.54, 1.807) is 0 Å². The monoisotopic (exact) mass is 318 g/mol. The number of allylic oxidation sites excluding steroid dienone is 1. The SMILES string of the molecule is CC1(O)C=C[C@]2(C)C3CC[C@@]4(C)C(CC[C@H]4O)C3CC[C@@]2(C)C1. The summed E-state index contributed by atoms with van der Waals surface area (Å²) in [4.78, 5) is 0.